The van der Waals surface area contributed by atoms with E-state index in [4.69, 9.17) is 23.2 Å². The van der Waals surface area contributed by atoms with Gasteiger partial charge < -0.3 is 0 Å². The van der Waals surface area contributed by atoms with Gasteiger partial charge in [0.05, 0.1) is 6.20 Å². The summed E-state index contributed by atoms with van der Waals surface area (Å²) in [5.41, 5.74) is 1.44. The summed E-state index contributed by atoms with van der Waals surface area (Å²) >= 11 is 13.5. The molecule has 0 unspecified atom stereocenters. The van der Waals surface area contributed by atoms with Crippen LogP contribution in [0.2, 0.25) is 10.3 Å². The first-order valence-corrected chi connectivity index (χ1v) is 5.46. The van der Waals surface area contributed by atoms with Gasteiger partial charge >= 0.3 is 0 Å². The minimum atomic E-state index is 0.378. The van der Waals surface area contributed by atoms with Gasteiger partial charge in [0.25, 0.3) is 0 Å². The number of hydrogen-bond acceptors (Lipinski definition) is 3. The molecule has 3 nitrogen and oxygen atoms in total. The van der Waals surface area contributed by atoms with Gasteiger partial charge in [0.1, 0.15) is 15.5 Å². The lowest BCUT2D eigenvalue weighted by atomic mass is 10.5. The zero-order valence-corrected chi connectivity index (χ0v) is 9.07. The van der Waals surface area contributed by atoms with Crippen molar-refractivity contribution >= 4 is 50.5 Å². The van der Waals surface area contributed by atoms with Crippen LogP contribution in [0.15, 0.2) is 17.6 Å². The highest BCUT2D eigenvalue weighted by Gasteiger charge is 2.11. The summed E-state index contributed by atoms with van der Waals surface area (Å²) in [6.45, 7) is 0. The normalized spacial score (nSPS) is 11.6. The van der Waals surface area contributed by atoms with E-state index in [0.717, 1.165) is 10.3 Å². The fourth-order valence-electron chi connectivity index (χ4n) is 1.37. The molecule has 0 aliphatic rings. The highest BCUT2D eigenvalue weighted by atomic mass is 35.5. The molecule has 0 saturated heterocycles. The second kappa shape index (κ2) is 2.82. The Kier molecular flexibility index (Phi) is 1.71. The highest BCUT2D eigenvalue weighted by Crippen LogP contribution is 2.27. The largest absolute Gasteiger partial charge is 0.270 e. The maximum atomic E-state index is 6.00. The highest BCUT2D eigenvalue weighted by molar-refractivity contribution is 7.16. The number of nitrogens with zero attached hydrogens (tertiary/aromatic N) is 3. The molecular weight excluding hydrogens is 241 g/mol. The van der Waals surface area contributed by atoms with Crippen molar-refractivity contribution < 1.29 is 0 Å². The van der Waals surface area contributed by atoms with Crippen molar-refractivity contribution in [2.45, 2.75) is 0 Å². The van der Waals surface area contributed by atoms with Crippen LogP contribution in [0.5, 0.6) is 0 Å². The summed E-state index contributed by atoms with van der Waals surface area (Å²) in [5.74, 6) is 0. The summed E-state index contributed by atoms with van der Waals surface area (Å²) < 4.78 is 1.80. The van der Waals surface area contributed by atoms with E-state index >= 15 is 0 Å². The maximum Gasteiger partial charge on any atom is 0.177 e. The van der Waals surface area contributed by atoms with Crippen LogP contribution in [-0.4, -0.2) is 14.4 Å². The smallest absolute Gasteiger partial charge is 0.177 e. The van der Waals surface area contributed by atoms with Gasteiger partial charge in [0.15, 0.2) is 10.8 Å². The van der Waals surface area contributed by atoms with Crippen LogP contribution in [0.25, 0.3) is 16.0 Å². The molecule has 3 heterocycles. The lowest BCUT2D eigenvalue weighted by molar-refractivity contribution is 1.23. The van der Waals surface area contributed by atoms with Crippen molar-refractivity contribution in [1.82, 2.24) is 14.4 Å². The topological polar surface area (TPSA) is 30.2 Å². The number of thiophene rings is 1. The third kappa shape index (κ3) is 0.987. The minimum absolute atomic E-state index is 0.378. The second-order valence-electron chi connectivity index (χ2n) is 2.75. The number of imidazole rings is 1. The van der Waals surface area contributed by atoms with E-state index in [9.17, 15) is 0 Å². The first-order valence-electron chi connectivity index (χ1n) is 3.83. The maximum absolute atomic E-state index is 6.00. The third-order valence-corrected chi connectivity index (χ3v) is 3.36. The van der Waals surface area contributed by atoms with Crippen molar-refractivity contribution in [1.29, 1.82) is 0 Å². The van der Waals surface area contributed by atoms with Crippen molar-refractivity contribution in [3.63, 3.8) is 0 Å². The van der Waals surface area contributed by atoms with E-state index < -0.39 is 0 Å². The molecule has 14 heavy (non-hydrogen) atoms. The SMILES string of the molecule is Clc1nc2ccsc2n2c(Cl)cnc12. The van der Waals surface area contributed by atoms with Gasteiger partial charge in [-0.25, -0.2) is 9.97 Å². The van der Waals surface area contributed by atoms with Gasteiger partial charge in [-0.2, -0.15) is 0 Å². The lowest BCUT2D eigenvalue weighted by Crippen LogP contribution is -1.89. The third-order valence-electron chi connectivity index (χ3n) is 1.95. The summed E-state index contributed by atoms with van der Waals surface area (Å²) in [6.07, 6.45) is 1.57. The van der Waals surface area contributed by atoms with Crippen LogP contribution in [0.1, 0.15) is 0 Å². The van der Waals surface area contributed by atoms with Crippen LogP contribution in [0.4, 0.5) is 0 Å². The number of fused-ring (bicyclic) bond motifs is 3. The van der Waals surface area contributed by atoms with E-state index in [-0.39, 0.29) is 0 Å². The van der Waals surface area contributed by atoms with Crippen LogP contribution < -0.4 is 0 Å². The Bertz CT molecular complexity index is 628. The van der Waals surface area contributed by atoms with E-state index in [1.54, 1.807) is 21.9 Å². The quantitative estimate of drug-likeness (QED) is 0.607. The van der Waals surface area contributed by atoms with Gasteiger partial charge in [-0.15, -0.1) is 11.3 Å². The molecule has 0 spiro atoms. The van der Waals surface area contributed by atoms with Crippen LogP contribution in [-0.2, 0) is 0 Å². The molecule has 0 fully saturated rings. The number of halogens is 2. The first-order chi connectivity index (χ1) is 6.77. The molecule has 3 aromatic heterocycles. The molecule has 70 valence electrons. The summed E-state index contributed by atoms with van der Waals surface area (Å²) in [5, 5.41) is 2.88. The van der Waals surface area contributed by atoms with Crippen molar-refractivity contribution in [2.24, 2.45) is 0 Å². The summed E-state index contributed by atoms with van der Waals surface area (Å²) in [6, 6.07) is 1.90. The standard InChI is InChI=1S/C8H3Cl2N3S/c9-5-3-11-7-6(10)12-4-1-2-14-8(4)13(5)7/h1-3H. The zero-order chi connectivity index (χ0) is 9.71. The van der Waals surface area contributed by atoms with E-state index in [2.05, 4.69) is 9.97 Å². The predicted octanol–water partition coefficient (Wildman–Crippen LogP) is 3.25. The Hall–Kier alpha value is -0.840. The van der Waals surface area contributed by atoms with E-state index in [1.165, 1.54) is 0 Å². The Labute approximate surface area is 92.9 Å². The Morgan fingerprint density at radius 1 is 1.36 bits per heavy atom. The van der Waals surface area contributed by atoms with Crippen molar-refractivity contribution in [3.8, 4) is 0 Å². The van der Waals surface area contributed by atoms with Gasteiger partial charge in [-0.05, 0) is 11.4 Å². The molecule has 0 amide bonds. The summed E-state index contributed by atoms with van der Waals surface area (Å²) in [4.78, 5) is 9.27. The first kappa shape index (κ1) is 8.47. The number of aromatic nitrogens is 3. The Balaban J connectivity index is 2.70. The molecule has 0 aliphatic carbocycles. The minimum Gasteiger partial charge on any atom is -0.270 e. The molecule has 0 N–H and O–H groups in total. The molecule has 0 radical (unpaired) electrons. The lowest BCUT2D eigenvalue weighted by Gasteiger charge is -1.98. The molecule has 3 aromatic rings. The molecule has 0 atom stereocenters. The molecule has 6 heteroatoms. The van der Waals surface area contributed by atoms with Crippen LogP contribution in [0, 0.1) is 0 Å². The Morgan fingerprint density at radius 3 is 3.07 bits per heavy atom. The molecule has 3 rings (SSSR count). The summed E-state index contributed by atoms with van der Waals surface area (Å²) in [7, 11) is 0. The molecule has 0 bridgehead atoms. The average Bonchev–Trinajstić information content (AvgIpc) is 2.71. The van der Waals surface area contributed by atoms with Gasteiger partial charge in [0.2, 0.25) is 0 Å². The number of rotatable bonds is 0. The number of hydrogen-bond donors (Lipinski definition) is 0. The Morgan fingerprint density at radius 2 is 2.21 bits per heavy atom. The second-order valence-corrected chi connectivity index (χ2v) is 4.39. The fraction of sp³-hybridized carbons (Fsp3) is 0. The van der Waals surface area contributed by atoms with Crippen LogP contribution >= 0.6 is 34.5 Å². The average molecular weight is 244 g/mol. The van der Waals surface area contributed by atoms with Gasteiger partial charge in [-0.1, -0.05) is 23.2 Å². The van der Waals surface area contributed by atoms with Crippen molar-refractivity contribution in [3.05, 3.63) is 27.9 Å². The van der Waals surface area contributed by atoms with E-state index in [0.29, 0.717) is 16.0 Å². The molecule has 0 aromatic carbocycles. The van der Waals surface area contributed by atoms with Crippen LogP contribution in [0.3, 0.4) is 0 Å². The van der Waals surface area contributed by atoms with Gasteiger partial charge in [-0.3, -0.25) is 4.40 Å². The molecular formula is C8H3Cl2N3S. The van der Waals surface area contributed by atoms with Crippen molar-refractivity contribution in [2.75, 3.05) is 0 Å². The zero-order valence-electron chi connectivity index (χ0n) is 6.74. The monoisotopic (exact) mass is 243 g/mol. The van der Waals surface area contributed by atoms with E-state index in [1.807, 2.05) is 11.4 Å². The molecule has 0 saturated carbocycles. The fourth-order valence-corrected chi connectivity index (χ4v) is 2.71. The molecule has 0 aliphatic heterocycles. The van der Waals surface area contributed by atoms with Gasteiger partial charge in [0, 0.05) is 0 Å². The predicted molar refractivity (Wildman–Crippen MR) is 58.4 cm³/mol.